The molecule has 0 fully saturated rings. The predicted octanol–water partition coefficient (Wildman–Crippen LogP) is 2.60. The maximum atomic E-state index is 10.1. The maximum Gasteiger partial charge on any atom is 0.158 e. The third-order valence-electron chi connectivity index (χ3n) is 2.08. The van der Waals surface area contributed by atoms with Crippen molar-refractivity contribution in [3.8, 4) is 0 Å². The highest BCUT2D eigenvalue weighted by molar-refractivity contribution is 5.96. The van der Waals surface area contributed by atoms with Crippen LogP contribution in [0.4, 0.5) is 0 Å². The van der Waals surface area contributed by atoms with Crippen molar-refractivity contribution in [1.82, 2.24) is 0 Å². The molecule has 0 amide bonds. The first kappa shape index (κ1) is 14.0. The largest absolute Gasteiger partial charge is 0.378 e. The average molecular weight is 210 g/mol. The van der Waals surface area contributed by atoms with Crippen LogP contribution in [-0.2, 0) is 0 Å². The summed E-state index contributed by atoms with van der Waals surface area (Å²) in [6.07, 6.45) is 8.67. The van der Waals surface area contributed by atoms with E-state index < -0.39 is 5.60 Å². The quantitative estimate of drug-likeness (QED) is 0.322. The number of aliphatic imine (C=N–C) groups is 2. The van der Waals surface area contributed by atoms with Gasteiger partial charge in [-0.3, -0.25) is 4.99 Å². The minimum Gasteiger partial charge on any atom is -0.378 e. The van der Waals surface area contributed by atoms with Gasteiger partial charge in [0.2, 0.25) is 0 Å². The Kier molecular flexibility index (Phi) is 6.88. The first-order valence-corrected chi connectivity index (χ1v) is 5.44. The summed E-state index contributed by atoms with van der Waals surface area (Å²) < 4.78 is 0. The molecule has 3 nitrogen and oxygen atoms in total. The van der Waals surface area contributed by atoms with E-state index in [4.69, 9.17) is 0 Å². The Bertz CT molecular complexity index is 252. The van der Waals surface area contributed by atoms with Crippen molar-refractivity contribution in [3.63, 3.8) is 0 Å². The Morgan fingerprint density at radius 2 is 2.13 bits per heavy atom. The Balaban J connectivity index is 4.44. The number of aliphatic hydroxyl groups is 1. The molecular weight excluding hydrogens is 188 g/mol. The molecule has 86 valence electrons. The van der Waals surface area contributed by atoms with Crippen LogP contribution in [0.2, 0.25) is 0 Å². The van der Waals surface area contributed by atoms with Crippen molar-refractivity contribution in [2.24, 2.45) is 9.98 Å². The van der Waals surface area contributed by atoms with E-state index in [-0.39, 0.29) is 0 Å². The molecule has 0 spiro atoms. The summed E-state index contributed by atoms with van der Waals surface area (Å²) in [6, 6.07) is 0. The monoisotopic (exact) mass is 210 g/mol. The van der Waals surface area contributed by atoms with Crippen LogP contribution in [0.3, 0.4) is 0 Å². The average Bonchev–Trinajstić information content (AvgIpc) is 2.20. The van der Waals surface area contributed by atoms with Gasteiger partial charge in [0.05, 0.1) is 0 Å². The van der Waals surface area contributed by atoms with E-state index in [1.165, 1.54) is 0 Å². The molecule has 15 heavy (non-hydrogen) atoms. The fourth-order valence-electron chi connectivity index (χ4n) is 1.25. The number of amidine groups is 1. The van der Waals surface area contributed by atoms with Crippen molar-refractivity contribution in [2.45, 2.75) is 45.6 Å². The lowest BCUT2D eigenvalue weighted by molar-refractivity contribution is 0.182. The third-order valence-corrected chi connectivity index (χ3v) is 2.08. The third kappa shape index (κ3) is 5.47. The van der Waals surface area contributed by atoms with Gasteiger partial charge >= 0.3 is 0 Å². The van der Waals surface area contributed by atoms with Crippen LogP contribution >= 0.6 is 0 Å². The molecule has 0 rings (SSSR count). The van der Waals surface area contributed by atoms with Gasteiger partial charge in [-0.25, -0.2) is 4.99 Å². The second-order valence-electron chi connectivity index (χ2n) is 3.63. The van der Waals surface area contributed by atoms with Crippen LogP contribution in [0.1, 0.15) is 40.0 Å². The van der Waals surface area contributed by atoms with Crippen LogP contribution in [0.25, 0.3) is 0 Å². The molecule has 0 aromatic heterocycles. The summed E-state index contributed by atoms with van der Waals surface area (Å²) in [5.41, 5.74) is -1.06. The van der Waals surface area contributed by atoms with E-state index in [0.29, 0.717) is 5.84 Å². The van der Waals surface area contributed by atoms with Gasteiger partial charge in [-0.15, -0.1) is 0 Å². The highest BCUT2D eigenvalue weighted by Crippen LogP contribution is 2.11. The lowest BCUT2D eigenvalue weighted by Crippen LogP contribution is -2.31. The van der Waals surface area contributed by atoms with Crippen LogP contribution < -0.4 is 0 Å². The van der Waals surface area contributed by atoms with E-state index in [0.717, 1.165) is 19.3 Å². The standard InChI is InChI=1S/C12H22N2O/c1-5-7-8-9-10-12(3,15)11(13-4)14-6-2/h6,9-10,15H,5,7-8H2,1-4H3/b10-9+,13-11?,14-6?. The number of rotatable bonds is 5. The molecule has 0 heterocycles. The van der Waals surface area contributed by atoms with Gasteiger partial charge in [-0.1, -0.05) is 25.8 Å². The van der Waals surface area contributed by atoms with Crippen LogP contribution in [-0.4, -0.2) is 29.8 Å². The van der Waals surface area contributed by atoms with E-state index in [2.05, 4.69) is 16.9 Å². The molecule has 0 bridgehead atoms. The Morgan fingerprint density at radius 1 is 1.47 bits per heavy atom. The summed E-state index contributed by atoms with van der Waals surface area (Å²) >= 11 is 0. The molecule has 1 atom stereocenters. The van der Waals surface area contributed by atoms with Crippen molar-refractivity contribution in [1.29, 1.82) is 0 Å². The molecule has 0 aliphatic rings. The Morgan fingerprint density at radius 3 is 2.60 bits per heavy atom. The number of hydrogen-bond donors (Lipinski definition) is 1. The van der Waals surface area contributed by atoms with Crippen LogP contribution in [0.15, 0.2) is 22.1 Å². The van der Waals surface area contributed by atoms with E-state index in [1.807, 2.05) is 13.0 Å². The Hall–Kier alpha value is -0.960. The van der Waals surface area contributed by atoms with Crippen molar-refractivity contribution >= 4 is 12.1 Å². The summed E-state index contributed by atoms with van der Waals surface area (Å²) in [7, 11) is 1.64. The molecule has 0 aromatic carbocycles. The Labute approximate surface area is 92.6 Å². The first-order chi connectivity index (χ1) is 7.08. The van der Waals surface area contributed by atoms with E-state index in [9.17, 15) is 5.11 Å². The molecule has 1 N–H and O–H groups in total. The summed E-state index contributed by atoms with van der Waals surface area (Å²) in [4.78, 5) is 8.00. The van der Waals surface area contributed by atoms with Gasteiger partial charge in [-0.2, -0.15) is 0 Å². The van der Waals surface area contributed by atoms with Crippen molar-refractivity contribution in [2.75, 3.05) is 7.05 Å². The molecular formula is C12H22N2O. The number of nitrogens with zero attached hydrogens (tertiary/aromatic N) is 2. The maximum absolute atomic E-state index is 10.1. The van der Waals surface area contributed by atoms with Gasteiger partial charge in [0.15, 0.2) is 5.84 Å². The van der Waals surface area contributed by atoms with Gasteiger partial charge in [-0.05, 0) is 26.3 Å². The fourth-order valence-corrected chi connectivity index (χ4v) is 1.25. The minimum atomic E-state index is -1.06. The number of hydrogen-bond acceptors (Lipinski definition) is 2. The summed E-state index contributed by atoms with van der Waals surface area (Å²) in [5.74, 6) is 0.442. The van der Waals surface area contributed by atoms with Gasteiger partial charge in [0, 0.05) is 13.3 Å². The van der Waals surface area contributed by atoms with Crippen molar-refractivity contribution in [3.05, 3.63) is 12.2 Å². The highest BCUT2D eigenvalue weighted by atomic mass is 16.3. The molecule has 0 saturated carbocycles. The van der Waals surface area contributed by atoms with Gasteiger partial charge < -0.3 is 5.11 Å². The zero-order valence-electron chi connectivity index (χ0n) is 10.2. The highest BCUT2D eigenvalue weighted by Gasteiger charge is 2.22. The molecule has 3 heteroatoms. The normalized spacial score (nSPS) is 17.5. The molecule has 1 unspecified atom stereocenters. The number of allylic oxidation sites excluding steroid dienone is 1. The minimum absolute atomic E-state index is 0.442. The zero-order chi connectivity index (χ0) is 11.7. The lowest BCUT2D eigenvalue weighted by atomic mass is 10.0. The van der Waals surface area contributed by atoms with Crippen LogP contribution in [0, 0.1) is 0 Å². The first-order valence-electron chi connectivity index (χ1n) is 5.44. The fraction of sp³-hybridized carbons (Fsp3) is 0.667. The van der Waals surface area contributed by atoms with Crippen molar-refractivity contribution < 1.29 is 5.11 Å². The smallest absolute Gasteiger partial charge is 0.158 e. The molecule has 0 radical (unpaired) electrons. The second-order valence-corrected chi connectivity index (χ2v) is 3.63. The number of unbranched alkanes of at least 4 members (excludes halogenated alkanes) is 2. The zero-order valence-corrected chi connectivity index (χ0v) is 10.2. The lowest BCUT2D eigenvalue weighted by Gasteiger charge is -2.17. The molecule has 0 saturated heterocycles. The SMILES string of the molecule is CC=NC(=NC)C(C)(O)/C=C/CCCC. The van der Waals surface area contributed by atoms with E-state index in [1.54, 1.807) is 26.3 Å². The molecule has 0 aliphatic heterocycles. The van der Waals surface area contributed by atoms with Gasteiger partial charge in [0.1, 0.15) is 5.60 Å². The van der Waals surface area contributed by atoms with Gasteiger partial charge in [0.25, 0.3) is 0 Å². The molecule has 0 aromatic rings. The summed E-state index contributed by atoms with van der Waals surface area (Å²) in [5, 5.41) is 10.1. The van der Waals surface area contributed by atoms with Crippen LogP contribution in [0.5, 0.6) is 0 Å². The summed E-state index contributed by atoms with van der Waals surface area (Å²) in [6.45, 7) is 5.65. The second kappa shape index (κ2) is 7.35. The topological polar surface area (TPSA) is 45.0 Å². The van der Waals surface area contributed by atoms with E-state index >= 15 is 0 Å². The predicted molar refractivity (Wildman–Crippen MR) is 66.8 cm³/mol. The molecule has 0 aliphatic carbocycles.